The van der Waals surface area contributed by atoms with E-state index in [1.165, 1.54) is 12.1 Å². The fraction of sp³-hybridized carbons (Fsp3) is 0.143. The number of imidazole rings is 1. The Balaban J connectivity index is 1.29. The standard InChI is InChI=1S/C28H21FN8O/c1-14-8-16(10-18(29)9-14)20-6-7-31-26-23(20)34-27(35-26)25-24-22(36-37-25)5-4-21(33-24)17-11-19(13-30-12-17)32-28(38)15-2-3-15/h4-13,15H,2-3H2,1H3,(H,32,38)(H,36,37)(H,31,34,35). The number of aryl methyl sites for hydroxylation is 1. The van der Waals surface area contributed by atoms with E-state index in [0.29, 0.717) is 39.6 Å². The number of amides is 1. The third kappa shape index (κ3) is 3.96. The first-order chi connectivity index (χ1) is 18.5. The average Bonchev–Trinajstić information content (AvgIpc) is 3.54. The van der Waals surface area contributed by atoms with Crippen molar-refractivity contribution in [3.8, 4) is 33.9 Å². The molecule has 6 aromatic rings. The number of aromatic amines is 2. The van der Waals surface area contributed by atoms with Crippen molar-refractivity contribution in [3.63, 3.8) is 0 Å². The minimum absolute atomic E-state index is 0.0238. The van der Waals surface area contributed by atoms with E-state index >= 15 is 0 Å². The predicted octanol–water partition coefficient (Wildman–Crippen LogP) is 5.42. The highest BCUT2D eigenvalue weighted by atomic mass is 19.1. The van der Waals surface area contributed by atoms with Gasteiger partial charge in [0.25, 0.3) is 0 Å². The number of carbonyl (C=O) groups excluding carboxylic acids is 1. The largest absolute Gasteiger partial charge is 0.335 e. The van der Waals surface area contributed by atoms with Crippen molar-refractivity contribution in [2.75, 3.05) is 5.32 Å². The summed E-state index contributed by atoms with van der Waals surface area (Å²) in [4.78, 5) is 33.7. The lowest BCUT2D eigenvalue weighted by atomic mass is 10.0. The Morgan fingerprint density at radius 3 is 2.79 bits per heavy atom. The molecule has 186 valence electrons. The van der Waals surface area contributed by atoms with Crippen LogP contribution < -0.4 is 5.32 Å². The zero-order chi connectivity index (χ0) is 25.8. The molecule has 38 heavy (non-hydrogen) atoms. The number of hydrogen-bond acceptors (Lipinski definition) is 6. The van der Waals surface area contributed by atoms with Crippen LogP contribution in [0.4, 0.5) is 10.1 Å². The van der Waals surface area contributed by atoms with Gasteiger partial charge in [-0.05, 0) is 67.3 Å². The van der Waals surface area contributed by atoms with Gasteiger partial charge in [0.05, 0.1) is 28.6 Å². The van der Waals surface area contributed by atoms with Gasteiger partial charge in [0.2, 0.25) is 5.91 Å². The lowest BCUT2D eigenvalue weighted by Crippen LogP contribution is -2.13. The van der Waals surface area contributed by atoms with Crippen LogP contribution >= 0.6 is 0 Å². The molecule has 5 heterocycles. The number of fused-ring (bicyclic) bond motifs is 2. The molecule has 0 bridgehead atoms. The average molecular weight is 505 g/mol. The molecule has 0 radical (unpaired) electrons. The molecule has 1 aliphatic carbocycles. The molecule has 0 atom stereocenters. The second-order valence-electron chi connectivity index (χ2n) is 9.55. The second-order valence-corrected chi connectivity index (χ2v) is 9.55. The molecule has 0 aliphatic heterocycles. The third-order valence-electron chi connectivity index (χ3n) is 6.63. The first kappa shape index (κ1) is 22.2. The minimum Gasteiger partial charge on any atom is -0.335 e. The van der Waals surface area contributed by atoms with Crippen molar-refractivity contribution in [1.29, 1.82) is 0 Å². The number of carbonyl (C=O) groups is 1. The van der Waals surface area contributed by atoms with E-state index < -0.39 is 0 Å². The fourth-order valence-corrected chi connectivity index (χ4v) is 4.62. The topological polar surface area (TPSA) is 125 Å². The van der Waals surface area contributed by atoms with Gasteiger partial charge >= 0.3 is 0 Å². The highest BCUT2D eigenvalue weighted by Gasteiger charge is 2.29. The fourth-order valence-electron chi connectivity index (χ4n) is 4.62. The van der Waals surface area contributed by atoms with Gasteiger partial charge in [-0.15, -0.1) is 0 Å². The lowest BCUT2D eigenvalue weighted by molar-refractivity contribution is -0.117. The van der Waals surface area contributed by atoms with Crippen LogP contribution in [0.1, 0.15) is 18.4 Å². The van der Waals surface area contributed by atoms with E-state index in [2.05, 4.69) is 35.5 Å². The summed E-state index contributed by atoms with van der Waals surface area (Å²) in [6, 6.07) is 12.4. The van der Waals surface area contributed by atoms with E-state index in [1.54, 1.807) is 18.6 Å². The zero-order valence-corrected chi connectivity index (χ0v) is 20.3. The Morgan fingerprint density at radius 2 is 1.95 bits per heavy atom. The molecule has 0 unspecified atom stereocenters. The van der Waals surface area contributed by atoms with E-state index in [9.17, 15) is 9.18 Å². The van der Waals surface area contributed by atoms with E-state index in [-0.39, 0.29) is 17.6 Å². The second kappa shape index (κ2) is 8.55. The van der Waals surface area contributed by atoms with Crippen molar-refractivity contribution in [3.05, 3.63) is 72.4 Å². The van der Waals surface area contributed by atoms with Crippen molar-refractivity contribution in [2.24, 2.45) is 5.92 Å². The van der Waals surface area contributed by atoms with Crippen LogP contribution in [0.2, 0.25) is 0 Å². The summed E-state index contributed by atoms with van der Waals surface area (Å²) in [5, 5.41) is 10.4. The van der Waals surface area contributed by atoms with Gasteiger partial charge in [-0.2, -0.15) is 5.10 Å². The predicted molar refractivity (Wildman–Crippen MR) is 141 cm³/mol. The van der Waals surface area contributed by atoms with E-state index in [0.717, 1.165) is 40.6 Å². The van der Waals surface area contributed by atoms with Gasteiger partial charge in [0, 0.05) is 29.4 Å². The monoisotopic (exact) mass is 504 g/mol. The number of halogens is 1. The SMILES string of the molecule is Cc1cc(F)cc(-c2ccnc3nc(-c4n[nH]c5ccc(-c6cncc(NC(=O)C7CC7)c6)nc45)[nH]c23)c1. The molecule has 1 fully saturated rings. The highest BCUT2D eigenvalue weighted by molar-refractivity contribution is 5.96. The number of pyridine rings is 3. The Bertz CT molecular complexity index is 1850. The van der Waals surface area contributed by atoms with Gasteiger partial charge in [-0.1, -0.05) is 6.07 Å². The Labute approximate surface area is 215 Å². The molecule has 1 aromatic carbocycles. The Morgan fingerprint density at radius 1 is 1.05 bits per heavy atom. The summed E-state index contributed by atoms with van der Waals surface area (Å²) >= 11 is 0. The Hall–Kier alpha value is -4.99. The van der Waals surface area contributed by atoms with Crippen LogP contribution in [0.15, 0.2) is 61.1 Å². The van der Waals surface area contributed by atoms with E-state index in [1.807, 2.05) is 37.3 Å². The van der Waals surface area contributed by atoms with Crippen molar-refractivity contribution in [2.45, 2.75) is 19.8 Å². The summed E-state index contributed by atoms with van der Waals surface area (Å²) in [7, 11) is 0. The van der Waals surface area contributed by atoms with Gasteiger partial charge < -0.3 is 10.3 Å². The molecular formula is C28H21FN8O. The summed E-state index contributed by atoms with van der Waals surface area (Å²) in [5.41, 5.74) is 7.51. The molecule has 7 rings (SSSR count). The summed E-state index contributed by atoms with van der Waals surface area (Å²) in [6.07, 6.45) is 6.86. The lowest BCUT2D eigenvalue weighted by Gasteiger charge is -2.06. The number of hydrogen-bond donors (Lipinski definition) is 3. The first-order valence-electron chi connectivity index (χ1n) is 12.3. The molecular weight excluding hydrogens is 483 g/mol. The third-order valence-corrected chi connectivity index (χ3v) is 6.63. The number of nitrogens with zero attached hydrogens (tertiary/aromatic N) is 5. The van der Waals surface area contributed by atoms with Crippen LogP contribution in [0, 0.1) is 18.7 Å². The maximum Gasteiger partial charge on any atom is 0.227 e. The van der Waals surface area contributed by atoms with Crippen molar-refractivity contribution in [1.82, 2.24) is 35.1 Å². The number of benzene rings is 1. The number of rotatable bonds is 5. The molecule has 0 saturated heterocycles. The van der Waals surface area contributed by atoms with Crippen molar-refractivity contribution >= 4 is 33.8 Å². The summed E-state index contributed by atoms with van der Waals surface area (Å²) in [5.74, 6) is 0.319. The molecule has 1 saturated carbocycles. The maximum absolute atomic E-state index is 14.1. The van der Waals surface area contributed by atoms with Crippen LogP contribution in [0.3, 0.4) is 0 Å². The maximum atomic E-state index is 14.1. The minimum atomic E-state index is -0.301. The first-order valence-corrected chi connectivity index (χ1v) is 12.3. The van der Waals surface area contributed by atoms with Crippen molar-refractivity contribution < 1.29 is 9.18 Å². The molecule has 0 spiro atoms. The zero-order valence-electron chi connectivity index (χ0n) is 20.3. The van der Waals surface area contributed by atoms with Gasteiger partial charge in [-0.3, -0.25) is 14.9 Å². The molecule has 1 amide bonds. The number of nitrogens with one attached hydrogen (secondary N) is 3. The Kier molecular flexibility index (Phi) is 5.00. The number of H-pyrrole nitrogens is 2. The highest BCUT2D eigenvalue weighted by Crippen LogP contribution is 2.33. The molecule has 1 aliphatic rings. The molecule has 3 N–H and O–H groups in total. The van der Waals surface area contributed by atoms with Gasteiger partial charge in [-0.25, -0.2) is 19.3 Å². The number of anilines is 1. The van der Waals surface area contributed by atoms with Crippen LogP contribution in [0.25, 0.3) is 56.1 Å². The van der Waals surface area contributed by atoms with Crippen LogP contribution in [-0.4, -0.2) is 41.0 Å². The summed E-state index contributed by atoms with van der Waals surface area (Å²) in [6.45, 7) is 1.86. The summed E-state index contributed by atoms with van der Waals surface area (Å²) < 4.78 is 14.1. The molecule has 9 nitrogen and oxygen atoms in total. The molecule has 5 aromatic heterocycles. The smallest absolute Gasteiger partial charge is 0.227 e. The van der Waals surface area contributed by atoms with Crippen LogP contribution in [-0.2, 0) is 4.79 Å². The normalized spacial score (nSPS) is 13.3. The van der Waals surface area contributed by atoms with E-state index in [4.69, 9.17) is 4.98 Å². The van der Waals surface area contributed by atoms with Crippen LogP contribution in [0.5, 0.6) is 0 Å². The molecule has 10 heteroatoms. The van der Waals surface area contributed by atoms with Gasteiger partial charge in [0.15, 0.2) is 17.2 Å². The van der Waals surface area contributed by atoms with Gasteiger partial charge in [0.1, 0.15) is 11.3 Å². The quantitative estimate of drug-likeness (QED) is 0.288. The number of aromatic nitrogens is 7.